The smallest absolute Gasteiger partial charge is 0.200 e. The molecule has 6 heteroatoms. The average molecular weight is 332 g/mol. The van der Waals surface area contributed by atoms with Gasteiger partial charge < -0.3 is 19.1 Å². The van der Waals surface area contributed by atoms with Gasteiger partial charge in [-0.1, -0.05) is 12.1 Å². The van der Waals surface area contributed by atoms with Gasteiger partial charge in [0.05, 0.1) is 26.0 Å². The van der Waals surface area contributed by atoms with Crippen molar-refractivity contribution in [2.75, 3.05) is 20.8 Å². The van der Waals surface area contributed by atoms with Crippen molar-refractivity contribution in [1.82, 2.24) is 10.1 Å². The summed E-state index contributed by atoms with van der Waals surface area (Å²) in [6.07, 6.45) is 3.06. The van der Waals surface area contributed by atoms with Crippen LogP contribution in [-0.4, -0.2) is 35.9 Å². The van der Waals surface area contributed by atoms with Gasteiger partial charge in [-0.2, -0.15) is 0 Å². The Kier molecular flexibility index (Phi) is 4.94. The van der Waals surface area contributed by atoms with Gasteiger partial charge >= 0.3 is 0 Å². The zero-order valence-electron chi connectivity index (χ0n) is 14.4. The lowest BCUT2D eigenvalue weighted by Gasteiger charge is -2.23. The van der Waals surface area contributed by atoms with E-state index in [2.05, 4.69) is 23.0 Å². The van der Waals surface area contributed by atoms with E-state index in [0.29, 0.717) is 11.5 Å². The predicted molar refractivity (Wildman–Crippen MR) is 89.5 cm³/mol. The van der Waals surface area contributed by atoms with Crippen molar-refractivity contribution < 1.29 is 19.1 Å². The van der Waals surface area contributed by atoms with Crippen LogP contribution in [0.4, 0.5) is 0 Å². The molecule has 1 fully saturated rings. The van der Waals surface area contributed by atoms with Crippen molar-refractivity contribution in [3.8, 4) is 17.2 Å². The van der Waals surface area contributed by atoms with E-state index in [4.69, 9.17) is 14.0 Å². The summed E-state index contributed by atoms with van der Waals surface area (Å²) in [5.41, 5.74) is 2.02. The maximum Gasteiger partial charge on any atom is 0.200 e. The minimum atomic E-state index is 0.0320. The first kappa shape index (κ1) is 16.6. The molecule has 0 amide bonds. The number of likely N-dealkylation sites (tertiary alicyclic amines) is 1. The Balaban J connectivity index is 1.81. The lowest BCUT2D eigenvalue weighted by molar-refractivity contribution is 0.206. The highest BCUT2D eigenvalue weighted by Crippen LogP contribution is 2.39. The van der Waals surface area contributed by atoms with Gasteiger partial charge in [0.2, 0.25) is 5.75 Å². The number of ether oxygens (including phenoxy) is 2. The molecule has 0 spiro atoms. The molecule has 6 nitrogen and oxygen atoms in total. The van der Waals surface area contributed by atoms with Crippen LogP contribution in [0.5, 0.6) is 17.2 Å². The van der Waals surface area contributed by atoms with Crippen molar-refractivity contribution in [1.29, 1.82) is 0 Å². The van der Waals surface area contributed by atoms with E-state index in [0.717, 1.165) is 49.4 Å². The highest BCUT2D eigenvalue weighted by atomic mass is 16.5. The highest BCUT2D eigenvalue weighted by Gasteiger charge is 2.29. The number of methoxy groups -OCH3 is 2. The van der Waals surface area contributed by atoms with E-state index >= 15 is 0 Å². The molecule has 1 aromatic carbocycles. The van der Waals surface area contributed by atoms with E-state index in [1.165, 1.54) is 14.2 Å². The number of rotatable bonds is 6. The Bertz CT molecular complexity index is 673. The molecule has 3 rings (SSSR count). The summed E-state index contributed by atoms with van der Waals surface area (Å²) >= 11 is 0. The fraction of sp³-hybridized carbons (Fsp3) is 0.500. The molecule has 2 heterocycles. The zero-order valence-corrected chi connectivity index (χ0v) is 14.4. The molecule has 0 saturated carbocycles. The number of hydrogen-bond donors (Lipinski definition) is 1. The van der Waals surface area contributed by atoms with E-state index in [1.54, 1.807) is 0 Å². The van der Waals surface area contributed by atoms with Crippen molar-refractivity contribution in [2.24, 2.45) is 0 Å². The minimum Gasteiger partial charge on any atom is -0.502 e. The number of nitrogens with zero attached hydrogens (tertiary/aromatic N) is 2. The molecule has 2 aromatic rings. The Hall–Kier alpha value is -2.21. The topological polar surface area (TPSA) is 68.0 Å². The first-order valence-corrected chi connectivity index (χ1v) is 8.29. The Labute approximate surface area is 142 Å². The molecule has 1 N–H and O–H groups in total. The second kappa shape index (κ2) is 7.13. The van der Waals surface area contributed by atoms with Crippen LogP contribution in [0.25, 0.3) is 0 Å². The van der Waals surface area contributed by atoms with Crippen molar-refractivity contribution in [3.63, 3.8) is 0 Å². The Morgan fingerprint density at radius 1 is 1.25 bits per heavy atom. The summed E-state index contributed by atoms with van der Waals surface area (Å²) in [6.45, 7) is 3.81. The van der Waals surface area contributed by atoms with Gasteiger partial charge in [-0.3, -0.25) is 4.90 Å². The summed E-state index contributed by atoms with van der Waals surface area (Å²) in [4.78, 5) is 2.37. The van der Waals surface area contributed by atoms with Gasteiger partial charge in [-0.15, -0.1) is 0 Å². The lowest BCUT2D eigenvalue weighted by atomic mass is 10.1. The van der Waals surface area contributed by atoms with E-state index < -0.39 is 0 Å². The van der Waals surface area contributed by atoms with Crippen LogP contribution in [0.2, 0.25) is 0 Å². The summed E-state index contributed by atoms with van der Waals surface area (Å²) in [5, 5.41) is 14.2. The number of aromatic nitrogens is 1. The van der Waals surface area contributed by atoms with E-state index in [1.807, 2.05) is 12.1 Å². The number of aryl methyl sites for hydroxylation is 1. The second-order valence-electron chi connectivity index (χ2n) is 6.05. The maximum absolute atomic E-state index is 10.0. The monoisotopic (exact) mass is 332 g/mol. The summed E-state index contributed by atoms with van der Waals surface area (Å²) in [7, 11) is 3.08. The standard InChI is InChI=1S/C18H24N2O4/c1-4-13-10-15(24-19-13)14-6-5-7-20(14)11-12-8-16(22-2)18(21)17(9-12)23-3/h8-10,14,21H,4-7,11H2,1-3H3/t14-/m0/s1. The first-order valence-electron chi connectivity index (χ1n) is 8.29. The van der Waals surface area contributed by atoms with Crippen LogP contribution in [0.15, 0.2) is 22.7 Å². The molecule has 24 heavy (non-hydrogen) atoms. The Morgan fingerprint density at radius 2 is 1.96 bits per heavy atom. The molecule has 0 unspecified atom stereocenters. The third kappa shape index (κ3) is 3.19. The zero-order chi connectivity index (χ0) is 17.1. The third-order valence-corrected chi connectivity index (χ3v) is 4.56. The summed E-state index contributed by atoms with van der Waals surface area (Å²) in [5.74, 6) is 1.81. The van der Waals surface area contributed by atoms with Crippen LogP contribution in [-0.2, 0) is 13.0 Å². The largest absolute Gasteiger partial charge is 0.502 e. The maximum atomic E-state index is 10.0. The molecular formula is C18H24N2O4. The van der Waals surface area contributed by atoms with Crippen LogP contribution in [0, 0.1) is 0 Å². The van der Waals surface area contributed by atoms with Crippen molar-refractivity contribution >= 4 is 0 Å². The van der Waals surface area contributed by atoms with Crippen LogP contribution >= 0.6 is 0 Å². The number of aromatic hydroxyl groups is 1. The van der Waals surface area contributed by atoms with Gasteiger partial charge in [-0.25, -0.2) is 0 Å². The lowest BCUT2D eigenvalue weighted by Crippen LogP contribution is -2.22. The normalized spacial score (nSPS) is 18.0. The molecule has 0 radical (unpaired) electrons. The fourth-order valence-corrected chi connectivity index (χ4v) is 3.26. The third-order valence-electron chi connectivity index (χ3n) is 4.56. The predicted octanol–water partition coefficient (Wildman–Crippen LogP) is 3.30. The van der Waals surface area contributed by atoms with Gasteiger partial charge in [0, 0.05) is 12.6 Å². The molecule has 1 saturated heterocycles. The molecule has 1 aliphatic rings. The molecule has 0 aliphatic carbocycles. The van der Waals surface area contributed by atoms with Crippen LogP contribution in [0.1, 0.15) is 42.8 Å². The molecule has 1 atom stereocenters. The minimum absolute atomic E-state index is 0.0320. The molecule has 1 aliphatic heterocycles. The van der Waals surface area contributed by atoms with Crippen LogP contribution in [0.3, 0.4) is 0 Å². The molecule has 130 valence electrons. The first-order chi connectivity index (χ1) is 11.7. The van der Waals surface area contributed by atoms with Crippen LogP contribution < -0.4 is 9.47 Å². The van der Waals surface area contributed by atoms with E-state index in [-0.39, 0.29) is 11.8 Å². The van der Waals surface area contributed by atoms with Crippen molar-refractivity contribution in [2.45, 2.75) is 38.8 Å². The van der Waals surface area contributed by atoms with E-state index in [9.17, 15) is 5.11 Å². The van der Waals surface area contributed by atoms with Gasteiger partial charge in [0.1, 0.15) is 0 Å². The number of phenolic OH excluding ortho intramolecular Hbond substituents is 1. The number of phenols is 1. The molecule has 1 aromatic heterocycles. The number of hydrogen-bond acceptors (Lipinski definition) is 6. The SMILES string of the molecule is CCc1cc([C@@H]2CCCN2Cc2cc(OC)c(O)c(OC)c2)on1. The Morgan fingerprint density at radius 3 is 2.54 bits per heavy atom. The van der Waals surface area contributed by atoms with Crippen molar-refractivity contribution in [3.05, 3.63) is 35.2 Å². The summed E-state index contributed by atoms with van der Waals surface area (Å²) < 4.78 is 16.0. The average Bonchev–Trinajstić information content (AvgIpc) is 3.24. The highest BCUT2D eigenvalue weighted by molar-refractivity contribution is 5.52. The molecular weight excluding hydrogens is 308 g/mol. The van der Waals surface area contributed by atoms with Gasteiger partial charge in [-0.05, 0) is 43.5 Å². The molecule has 0 bridgehead atoms. The number of benzene rings is 1. The quantitative estimate of drug-likeness (QED) is 0.875. The van der Waals surface area contributed by atoms with Gasteiger partial charge in [0.15, 0.2) is 17.3 Å². The fourth-order valence-electron chi connectivity index (χ4n) is 3.26. The second-order valence-corrected chi connectivity index (χ2v) is 6.05. The summed E-state index contributed by atoms with van der Waals surface area (Å²) in [6, 6.07) is 6.00. The van der Waals surface area contributed by atoms with Gasteiger partial charge in [0.25, 0.3) is 0 Å².